The maximum Gasteiger partial charge on any atom is 0.168 e. The molecule has 2 aromatic heterocycles. The molecule has 2 aliphatic carbocycles. The first-order chi connectivity index (χ1) is 18.9. The summed E-state index contributed by atoms with van der Waals surface area (Å²) in [4.78, 5) is 7.43. The summed E-state index contributed by atoms with van der Waals surface area (Å²) in [7, 11) is 1.96. The molecule has 1 unspecified atom stereocenters. The van der Waals surface area contributed by atoms with Crippen molar-refractivity contribution in [2.75, 3.05) is 18.4 Å². The van der Waals surface area contributed by atoms with Gasteiger partial charge >= 0.3 is 0 Å². The first kappa shape index (κ1) is 26.0. The number of aryl methyl sites for hydroxylation is 1. The summed E-state index contributed by atoms with van der Waals surface area (Å²) in [5.74, 6) is 2.22. The third-order valence-electron chi connectivity index (χ3n) is 8.88. The topological polar surface area (TPSA) is 103 Å². The van der Waals surface area contributed by atoms with E-state index in [2.05, 4.69) is 57.7 Å². The maximum atomic E-state index is 11.3. The predicted molar refractivity (Wildman–Crippen MR) is 150 cm³/mol. The molecule has 8 nitrogen and oxygen atoms in total. The normalized spacial score (nSPS) is 26.0. The third-order valence-corrected chi connectivity index (χ3v) is 8.88. The second kappa shape index (κ2) is 10.7. The van der Waals surface area contributed by atoms with Gasteiger partial charge in [-0.3, -0.25) is 9.88 Å². The van der Waals surface area contributed by atoms with Crippen LogP contribution in [0.3, 0.4) is 0 Å². The van der Waals surface area contributed by atoms with Crippen molar-refractivity contribution in [3.63, 3.8) is 0 Å². The van der Waals surface area contributed by atoms with Crippen molar-refractivity contribution in [3.05, 3.63) is 71.1 Å². The van der Waals surface area contributed by atoms with Crippen molar-refractivity contribution in [2.24, 2.45) is 18.9 Å². The molecule has 1 aromatic carbocycles. The Morgan fingerprint density at radius 1 is 1.21 bits per heavy atom. The molecular formula is C31H39N7O. The molecule has 39 heavy (non-hydrogen) atoms. The van der Waals surface area contributed by atoms with E-state index in [9.17, 15) is 10.4 Å². The van der Waals surface area contributed by atoms with Crippen LogP contribution < -0.4 is 5.32 Å². The van der Waals surface area contributed by atoms with Gasteiger partial charge in [-0.1, -0.05) is 19.1 Å². The second-order valence-corrected chi connectivity index (χ2v) is 12.3. The lowest BCUT2D eigenvalue weighted by Gasteiger charge is -2.45. The second-order valence-electron chi connectivity index (χ2n) is 12.3. The monoisotopic (exact) mass is 525 g/mol. The maximum absolute atomic E-state index is 11.3. The molecule has 3 heterocycles. The molecule has 0 bridgehead atoms. The zero-order valence-corrected chi connectivity index (χ0v) is 23.1. The van der Waals surface area contributed by atoms with Crippen molar-refractivity contribution < 1.29 is 5.11 Å². The first-order valence-electron chi connectivity index (χ1n) is 14.4. The molecular weight excluding hydrogens is 486 g/mol. The van der Waals surface area contributed by atoms with E-state index >= 15 is 0 Å². The first-order valence-corrected chi connectivity index (χ1v) is 14.4. The fourth-order valence-electron chi connectivity index (χ4n) is 6.54. The summed E-state index contributed by atoms with van der Waals surface area (Å²) in [5, 5.41) is 32.5. The van der Waals surface area contributed by atoms with Crippen LogP contribution in [0.2, 0.25) is 0 Å². The molecule has 1 saturated heterocycles. The SMILES string of the molecule is C[C@H]1CCCN(Cc2cc(C3CC3)nc(C(O)Nc3cccc([C@]4(Cc5nncn5C)C[C@@H](C#N)C4)c3)c2)C1. The quantitative estimate of drug-likeness (QED) is 0.386. The minimum absolute atomic E-state index is 0.0520. The average molecular weight is 526 g/mol. The Balaban J connectivity index is 1.22. The van der Waals surface area contributed by atoms with Crippen LogP contribution in [0.15, 0.2) is 42.7 Å². The number of aliphatic hydroxyl groups is 1. The Labute approximate surface area is 231 Å². The van der Waals surface area contributed by atoms with E-state index in [-0.39, 0.29) is 11.3 Å². The minimum atomic E-state index is -0.902. The van der Waals surface area contributed by atoms with Crippen molar-refractivity contribution >= 4 is 5.69 Å². The molecule has 3 aromatic rings. The van der Waals surface area contributed by atoms with E-state index in [1.54, 1.807) is 6.33 Å². The largest absolute Gasteiger partial charge is 0.368 e. The van der Waals surface area contributed by atoms with E-state index in [1.807, 2.05) is 23.7 Å². The standard InChI is InChI=1S/C31H39N7O/c1-21-5-4-10-38(18-21)19-22-11-27(24-8-9-24)35-28(12-22)30(39)34-26-7-3-6-25(13-26)31(14-23(15-31)17-32)16-29-36-33-20-37(29)2/h3,6-7,11-13,20-21,23-24,30,34,39H,4-5,8-10,14-16,18-19H2,1-2H3/t21-,23-,30?,31-/m0/s1. The number of nitriles is 1. The Kier molecular flexibility index (Phi) is 7.13. The number of nitrogens with one attached hydrogen (secondary N) is 1. The summed E-state index contributed by atoms with van der Waals surface area (Å²) >= 11 is 0. The van der Waals surface area contributed by atoms with Gasteiger partial charge in [0.05, 0.1) is 11.8 Å². The number of hydrogen-bond donors (Lipinski definition) is 2. The number of benzene rings is 1. The van der Waals surface area contributed by atoms with Crippen LogP contribution in [-0.4, -0.2) is 42.8 Å². The highest BCUT2D eigenvalue weighted by Crippen LogP contribution is 2.50. The molecule has 3 aliphatic rings. The van der Waals surface area contributed by atoms with Gasteiger partial charge in [0.15, 0.2) is 6.23 Å². The van der Waals surface area contributed by atoms with Crippen LogP contribution in [-0.2, 0) is 25.4 Å². The van der Waals surface area contributed by atoms with Gasteiger partial charge in [-0.05, 0) is 86.4 Å². The fraction of sp³-hybridized carbons (Fsp3) is 0.548. The van der Waals surface area contributed by atoms with Gasteiger partial charge in [-0.2, -0.15) is 5.26 Å². The van der Waals surface area contributed by atoms with E-state index in [1.165, 1.54) is 31.2 Å². The van der Waals surface area contributed by atoms with Gasteiger partial charge < -0.3 is 15.0 Å². The average Bonchev–Trinajstić information content (AvgIpc) is 3.68. The highest BCUT2D eigenvalue weighted by Gasteiger charge is 2.46. The molecule has 1 aliphatic heterocycles. The smallest absolute Gasteiger partial charge is 0.168 e. The summed E-state index contributed by atoms with van der Waals surface area (Å²) in [6, 6.07) is 15.0. The minimum Gasteiger partial charge on any atom is -0.368 e. The highest BCUT2D eigenvalue weighted by molar-refractivity contribution is 5.50. The Morgan fingerprint density at radius 2 is 2.05 bits per heavy atom. The van der Waals surface area contributed by atoms with Crippen LogP contribution in [0.1, 0.15) is 85.9 Å². The van der Waals surface area contributed by atoms with Crippen molar-refractivity contribution in [3.8, 4) is 6.07 Å². The van der Waals surface area contributed by atoms with Crippen molar-refractivity contribution in [1.82, 2.24) is 24.6 Å². The van der Waals surface area contributed by atoms with Gasteiger partial charge in [0, 0.05) is 55.2 Å². The molecule has 0 spiro atoms. The molecule has 2 atom stereocenters. The third kappa shape index (κ3) is 5.70. The van der Waals surface area contributed by atoms with E-state index in [0.717, 1.165) is 67.6 Å². The number of aromatic nitrogens is 4. The molecule has 2 N–H and O–H groups in total. The van der Waals surface area contributed by atoms with Crippen LogP contribution in [0.25, 0.3) is 0 Å². The lowest BCUT2D eigenvalue weighted by atomic mass is 9.57. The number of hydrogen-bond acceptors (Lipinski definition) is 7. The number of aliphatic hydroxyl groups excluding tert-OH is 1. The molecule has 2 saturated carbocycles. The number of likely N-dealkylation sites (tertiary alicyclic amines) is 1. The van der Waals surface area contributed by atoms with E-state index < -0.39 is 6.23 Å². The molecule has 0 radical (unpaired) electrons. The van der Waals surface area contributed by atoms with Crippen LogP contribution in [0.4, 0.5) is 5.69 Å². The van der Waals surface area contributed by atoms with Gasteiger partial charge in [-0.15, -0.1) is 10.2 Å². The molecule has 6 rings (SSSR count). The number of rotatable bonds is 9. The molecule has 8 heteroatoms. The molecule has 0 amide bonds. The van der Waals surface area contributed by atoms with E-state index in [0.29, 0.717) is 11.6 Å². The van der Waals surface area contributed by atoms with Crippen LogP contribution in [0.5, 0.6) is 0 Å². The molecule has 3 fully saturated rings. The fourth-order valence-corrected chi connectivity index (χ4v) is 6.54. The van der Waals surface area contributed by atoms with E-state index in [4.69, 9.17) is 4.98 Å². The highest BCUT2D eigenvalue weighted by atomic mass is 16.3. The predicted octanol–water partition coefficient (Wildman–Crippen LogP) is 4.84. The summed E-state index contributed by atoms with van der Waals surface area (Å²) in [6.45, 7) is 5.51. The van der Waals surface area contributed by atoms with Crippen molar-refractivity contribution in [2.45, 2.75) is 76.0 Å². The number of piperidine rings is 1. The lowest BCUT2D eigenvalue weighted by Crippen LogP contribution is -2.43. The van der Waals surface area contributed by atoms with Crippen molar-refractivity contribution in [1.29, 1.82) is 5.26 Å². The van der Waals surface area contributed by atoms with Gasteiger partial charge in [0.1, 0.15) is 12.2 Å². The number of pyridine rings is 1. The number of anilines is 1. The van der Waals surface area contributed by atoms with Gasteiger partial charge in [0.25, 0.3) is 0 Å². The summed E-state index contributed by atoms with van der Waals surface area (Å²) < 4.78 is 1.95. The lowest BCUT2D eigenvalue weighted by molar-refractivity contribution is 0.175. The number of nitrogens with zero attached hydrogens (tertiary/aromatic N) is 6. The van der Waals surface area contributed by atoms with Gasteiger partial charge in [0.2, 0.25) is 0 Å². The Morgan fingerprint density at radius 3 is 2.77 bits per heavy atom. The summed E-state index contributed by atoms with van der Waals surface area (Å²) in [6.07, 6.45) is 8.07. The van der Waals surface area contributed by atoms with Crippen LogP contribution in [0, 0.1) is 23.2 Å². The zero-order valence-electron chi connectivity index (χ0n) is 23.1. The van der Waals surface area contributed by atoms with Crippen LogP contribution >= 0.6 is 0 Å². The summed E-state index contributed by atoms with van der Waals surface area (Å²) in [5.41, 5.74) is 4.89. The zero-order chi connectivity index (χ0) is 27.0. The molecule has 204 valence electrons. The van der Waals surface area contributed by atoms with Gasteiger partial charge in [-0.25, -0.2) is 0 Å². The Bertz CT molecular complexity index is 1350. The Hall–Kier alpha value is -3.28.